The number of likely N-dealkylation sites (tertiary alicyclic amines) is 1. The molecule has 1 saturated heterocycles. The number of halogens is 1. The first kappa shape index (κ1) is 23.1. The van der Waals surface area contributed by atoms with Gasteiger partial charge in [-0.25, -0.2) is 4.98 Å². The highest BCUT2D eigenvalue weighted by molar-refractivity contribution is 6.30. The number of hydrogen-bond donors (Lipinski definition) is 2. The third-order valence-electron chi connectivity index (χ3n) is 5.95. The quantitative estimate of drug-likeness (QED) is 0.537. The van der Waals surface area contributed by atoms with Gasteiger partial charge in [0.25, 0.3) is 5.91 Å². The topological polar surface area (TPSA) is 96.7 Å². The van der Waals surface area contributed by atoms with E-state index in [2.05, 4.69) is 34.4 Å². The van der Waals surface area contributed by atoms with Crippen molar-refractivity contribution in [2.45, 2.75) is 32.7 Å². The minimum Gasteiger partial charge on any atom is -0.493 e. The number of nitrogens with one attached hydrogen (secondary N) is 2. The molecular formula is C24H27ClN4O4. The third-order valence-corrected chi connectivity index (χ3v) is 6.18. The third kappa shape index (κ3) is 4.96. The van der Waals surface area contributed by atoms with E-state index in [9.17, 15) is 9.59 Å². The molecule has 0 saturated carbocycles. The average Bonchev–Trinajstić information content (AvgIpc) is 3.19. The number of nitrogens with zero attached hydrogens (tertiary/aromatic N) is 2. The number of pyridine rings is 1. The van der Waals surface area contributed by atoms with Gasteiger partial charge in [-0.2, -0.15) is 0 Å². The fourth-order valence-electron chi connectivity index (χ4n) is 4.06. The fourth-order valence-corrected chi connectivity index (χ4v) is 4.18. The number of aromatic nitrogens is 1. The van der Waals surface area contributed by atoms with Crippen molar-refractivity contribution < 1.29 is 18.7 Å². The van der Waals surface area contributed by atoms with Crippen LogP contribution in [0.25, 0.3) is 11.0 Å². The number of methoxy groups -OCH3 is 1. The molecule has 2 aromatic heterocycles. The van der Waals surface area contributed by atoms with Crippen LogP contribution in [0.15, 0.2) is 40.9 Å². The van der Waals surface area contributed by atoms with Crippen LogP contribution in [0.3, 0.4) is 0 Å². The predicted octanol–water partition coefficient (Wildman–Crippen LogP) is 4.80. The Balaban J connectivity index is 1.62. The molecule has 1 aliphatic rings. The Kier molecular flexibility index (Phi) is 6.85. The van der Waals surface area contributed by atoms with Crippen LogP contribution in [0, 0.1) is 5.92 Å². The van der Waals surface area contributed by atoms with Gasteiger partial charge in [-0.05, 0) is 64.0 Å². The highest BCUT2D eigenvalue weighted by atomic mass is 35.5. The summed E-state index contributed by atoms with van der Waals surface area (Å²) in [6, 6.07) is 8.98. The summed E-state index contributed by atoms with van der Waals surface area (Å²) in [4.78, 5) is 32.7. The predicted molar refractivity (Wildman–Crippen MR) is 128 cm³/mol. The van der Waals surface area contributed by atoms with E-state index in [0.29, 0.717) is 39.3 Å². The number of benzene rings is 1. The molecule has 1 aromatic carbocycles. The second-order valence-electron chi connectivity index (χ2n) is 8.35. The lowest BCUT2D eigenvalue weighted by atomic mass is 9.95. The van der Waals surface area contributed by atoms with Crippen LogP contribution in [0.4, 0.5) is 11.5 Å². The smallest absolute Gasteiger partial charge is 0.294 e. The van der Waals surface area contributed by atoms with E-state index in [4.69, 9.17) is 20.8 Å². The molecule has 8 nitrogen and oxygen atoms in total. The lowest BCUT2D eigenvalue weighted by Gasteiger charge is -2.33. The zero-order valence-corrected chi connectivity index (χ0v) is 19.6. The molecule has 174 valence electrons. The maximum absolute atomic E-state index is 13.1. The molecule has 0 aliphatic carbocycles. The Morgan fingerprint density at radius 1 is 1.18 bits per heavy atom. The van der Waals surface area contributed by atoms with Crippen molar-refractivity contribution in [3.8, 4) is 5.75 Å². The number of carbonyl (C=O) groups is 2. The molecule has 2 N–H and O–H groups in total. The van der Waals surface area contributed by atoms with E-state index >= 15 is 0 Å². The molecule has 2 amide bonds. The van der Waals surface area contributed by atoms with Gasteiger partial charge in [-0.1, -0.05) is 17.7 Å². The Bertz CT molecular complexity index is 1150. The molecular weight excluding hydrogens is 444 g/mol. The van der Waals surface area contributed by atoms with Crippen LogP contribution >= 0.6 is 11.6 Å². The Morgan fingerprint density at radius 3 is 2.58 bits per heavy atom. The number of anilines is 2. The van der Waals surface area contributed by atoms with Crippen LogP contribution < -0.4 is 15.4 Å². The van der Waals surface area contributed by atoms with E-state index in [1.165, 1.54) is 13.3 Å². The number of hydrogen-bond acceptors (Lipinski definition) is 6. The minimum atomic E-state index is -0.534. The first-order valence-electron chi connectivity index (χ1n) is 10.9. The summed E-state index contributed by atoms with van der Waals surface area (Å²) in [5.41, 5.74) is 0.714. The van der Waals surface area contributed by atoms with E-state index in [-0.39, 0.29) is 17.6 Å². The Hall–Kier alpha value is -3.10. The number of amides is 2. The molecule has 1 aliphatic heterocycles. The molecule has 0 bridgehead atoms. The molecule has 0 spiro atoms. The van der Waals surface area contributed by atoms with Crippen LogP contribution in [-0.2, 0) is 4.79 Å². The lowest BCUT2D eigenvalue weighted by molar-refractivity contribution is -0.121. The summed E-state index contributed by atoms with van der Waals surface area (Å²) < 4.78 is 11.3. The van der Waals surface area contributed by atoms with Gasteiger partial charge in [-0.3, -0.25) is 9.59 Å². The minimum absolute atomic E-state index is 0.0146. The molecule has 0 unspecified atom stereocenters. The van der Waals surface area contributed by atoms with Crippen molar-refractivity contribution in [2.24, 2.45) is 5.92 Å². The van der Waals surface area contributed by atoms with Crippen LogP contribution in [0.5, 0.6) is 5.75 Å². The maximum atomic E-state index is 13.1. The number of piperidine rings is 1. The van der Waals surface area contributed by atoms with Gasteiger partial charge >= 0.3 is 0 Å². The number of furan rings is 1. The first-order valence-corrected chi connectivity index (χ1v) is 11.3. The summed E-state index contributed by atoms with van der Waals surface area (Å²) >= 11 is 5.88. The molecule has 0 atom stereocenters. The van der Waals surface area contributed by atoms with Gasteiger partial charge in [0.05, 0.1) is 12.1 Å². The van der Waals surface area contributed by atoms with Crippen molar-refractivity contribution in [2.75, 3.05) is 30.8 Å². The van der Waals surface area contributed by atoms with Crippen molar-refractivity contribution in [1.82, 2.24) is 9.88 Å². The van der Waals surface area contributed by atoms with Gasteiger partial charge < -0.3 is 24.7 Å². The second kappa shape index (κ2) is 9.80. The molecule has 3 heterocycles. The monoisotopic (exact) mass is 470 g/mol. The van der Waals surface area contributed by atoms with Gasteiger partial charge in [0.1, 0.15) is 11.5 Å². The van der Waals surface area contributed by atoms with E-state index in [1.54, 1.807) is 30.3 Å². The largest absolute Gasteiger partial charge is 0.493 e. The summed E-state index contributed by atoms with van der Waals surface area (Å²) in [7, 11) is 1.52. The number of fused-ring (bicyclic) bond motifs is 1. The van der Waals surface area contributed by atoms with Gasteiger partial charge in [0, 0.05) is 23.5 Å². The summed E-state index contributed by atoms with van der Waals surface area (Å²) in [6.45, 7) is 6.05. The van der Waals surface area contributed by atoms with E-state index < -0.39 is 5.91 Å². The molecule has 4 rings (SSSR count). The van der Waals surface area contributed by atoms with Gasteiger partial charge in [0.15, 0.2) is 11.3 Å². The molecule has 0 radical (unpaired) electrons. The number of ether oxygens (including phenoxy) is 1. The summed E-state index contributed by atoms with van der Waals surface area (Å²) in [5, 5.41) is 6.71. The van der Waals surface area contributed by atoms with Gasteiger partial charge in [-0.15, -0.1) is 0 Å². The van der Waals surface area contributed by atoms with E-state index in [1.807, 2.05) is 0 Å². The summed E-state index contributed by atoms with van der Waals surface area (Å²) in [5.74, 6) is -0.0220. The average molecular weight is 471 g/mol. The van der Waals surface area contributed by atoms with Crippen molar-refractivity contribution >= 4 is 45.9 Å². The van der Waals surface area contributed by atoms with Crippen LogP contribution in [-0.4, -0.2) is 47.9 Å². The fraction of sp³-hybridized carbons (Fsp3) is 0.375. The Morgan fingerprint density at radius 2 is 1.94 bits per heavy atom. The zero-order chi connectivity index (χ0) is 23.5. The Labute approximate surface area is 197 Å². The highest BCUT2D eigenvalue weighted by Crippen LogP contribution is 2.37. The molecule has 9 heteroatoms. The molecule has 1 fully saturated rings. The highest BCUT2D eigenvalue weighted by Gasteiger charge is 2.29. The standard InChI is InChI=1S/C24H27ClN4O4/c1-14(2)29-11-9-15(10-12-29)23(30)28-20-17-5-4-6-18(32-3)21(17)33-22(20)24(31)27-19-8-7-16(25)13-26-19/h4-8,13-15H,9-12H2,1-3H3,(H,28,30)(H,26,27,31). The number of para-hydroxylation sites is 1. The SMILES string of the molecule is COc1cccc2c(NC(=O)C3CCN(C(C)C)CC3)c(C(=O)Nc3ccc(Cl)cn3)oc12. The summed E-state index contributed by atoms with van der Waals surface area (Å²) in [6.07, 6.45) is 2.96. The van der Waals surface area contributed by atoms with E-state index in [0.717, 1.165) is 25.9 Å². The van der Waals surface area contributed by atoms with Crippen LogP contribution in [0.2, 0.25) is 5.02 Å². The van der Waals surface area contributed by atoms with Crippen molar-refractivity contribution in [3.05, 3.63) is 47.3 Å². The number of rotatable bonds is 6. The first-order chi connectivity index (χ1) is 15.9. The zero-order valence-electron chi connectivity index (χ0n) is 18.9. The number of carbonyl (C=O) groups excluding carboxylic acids is 2. The lowest BCUT2D eigenvalue weighted by Crippen LogP contribution is -2.41. The normalized spacial score (nSPS) is 15.1. The molecule has 3 aromatic rings. The second-order valence-corrected chi connectivity index (χ2v) is 8.79. The van der Waals surface area contributed by atoms with Crippen molar-refractivity contribution in [1.29, 1.82) is 0 Å². The maximum Gasteiger partial charge on any atom is 0.294 e. The molecule has 33 heavy (non-hydrogen) atoms. The van der Waals surface area contributed by atoms with Crippen molar-refractivity contribution in [3.63, 3.8) is 0 Å². The van der Waals surface area contributed by atoms with Crippen LogP contribution in [0.1, 0.15) is 37.2 Å². The van der Waals surface area contributed by atoms with Gasteiger partial charge in [0.2, 0.25) is 11.7 Å².